The Hall–Kier alpha value is -2.49. The molecule has 3 aliphatic rings. The lowest BCUT2D eigenvalue weighted by atomic mass is 9.88. The van der Waals surface area contributed by atoms with E-state index in [0.717, 1.165) is 44.3 Å². The van der Waals surface area contributed by atoms with E-state index < -0.39 is 6.10 Å². The fourth-order valence-corrected chi connectivity index (χ4v) is 5.42. The molecule has 1 spiro atoms. The van der Waals surface area contributed by atoms with Crippen LogP contribution in [0.25, 0.3) is 0 Å². The normalized spacial score (nSPS) is 33.2. The van der Waals surface area contributed by atoms with Gasteiger partial charge in [0.25, 0.3) is 0 Å². The van der Waals surface area contributed by atoms with Crippen LogP contribution in [-0.4, -0.2) is 73.1 Å². The number of epoxide rings is 1. The Labute approximate surface area is 239 Å². The first kappa shape index (κ1) is 32.0. The molecule has 0 bridgehead atoms. The van der Waals surface area contributed by atoms with Crippen molar-refractivity contribution in [2.75, 3.05) is 13.2 Å². The summed E-state index contributed by atoms with van der Waals surface area (Å²) in [5.74, 6) is -0.262. The van der Waals surface area contributed by atoms with Gasteiger partial charge in [-0.05, 0) is 52.0 Å². The van der Waals surface area contributed by atoms with Gasteiger partial charge in [-0.2, -0.15) is 0 Å². The van der Waals surface area contributed by atoms with E-state index in [4.69, 9.17) is 18.9 Å². The smallest absolute Gasteiger partial charge is 0.303 e. The van der Waals surface area contributed by atoms with E-state index in [2.05, 4.69) is 42.7 Å². The Morgan fingerprint density at radius 3 is 2.55 bits per heavy atom. The third-order valence-corrected chi connectivity index (χ3v) is 7.76. The van der Waals surface area contributed by atoms with E-state index in [1.807, 2.05) is 13.8 Å². The van der Waals surface area contributed by atoms with Crippen LogP contribution >= 0.6 is 0 Å². The van der Waals surface area contributed by atoms with Crippen LogP contribution in [0.4, 0.5) is 0 Å². The molecular formula is C31H48N2O7. The number of amides is 2. The highest BCUT2D eigenvalue weighted by atomic mass is 16.6. The average molecular weight is 561 g/mol. The molecule has 0 aliphatic carbocycles. The summed E-state index contributed by atoms with van der Waals surface area (Å²) in [5, 5.41) is 6.01. The maximum Gasteiger partial charge on any atom is 0.303 e. The number of carbonyl (C=O) groups is 3. The van der Waals surface area contributed by atoms with Gasteiger partial charge in [-0.25, -0.2) is 0 Å². The number of hydrogen-bond donors (Lipinski definition) is 2. The molecule has 9 nitrogen and oxygen atoms in total. The first-order valence-electron chi connectivity index (χ1n) is 14.7. The van der Waals surface area contributed by atoms with Crippen LogP contribution in [0.1, 0.15) is 80.1 Å². The zero-order chi connectivity index (χ0) is 29.3. The molecule has 3 rings (SSSR count). The van der Waals surface area contributed by atoms with Crippen LogP contribution in [0.3, 0.4) is 0 Å². The minimum Gasteiger partial charge on any atom is -0.459 e. The molecule has 3 heterocycles. The quantitative estimate of drug-likeness (QED) is 0.161. The summed E-state index contributed by atoms with van der Waals surface area (Å²) in [4.78, 5) is 35.3. The van der Waals surface area contributed by atoms with E-state index in [9.17, 15) is 14.4 Å². The van der Waals surface area contributed by atoms with Crippen LogP contribution in [-0.2, 0) is 33.3 Å². The van der Waals surface area contributed by atoms with Crippen LogP contribution < -0.4 is 10.6 Å². The van der Waals surface area contributed by atoms with Crippen LogP contribution in [0.15, 0.2) is 36.0 Å². The fourth-order valence-electron chi connectivity index (χ4n) is 5.42. The highest BCUT2D eigenvalue weighted by Gasteiger charge is 2.51. The van der Waals surface area contributed by atoms with E-state index in [0.29, 0.717) is 13.0 Å². The predicted octanol–water partition coefficient (Wildman–Crippen LogP) is 3.92. The molecule has 2 amide bonds. The standard InChI is InChI=1S/C31H48N2O7/c1-7-8-29(35)32-18-26-17-31(19-37-31)16-25(40-26)12-9-20(2)10-13-28-21(3)15-27(23(5)39-28)33-30(36)14-11-22(4)38-24(6)34/h9-12,14,21-23,25-28H,7-8,13,15-19H2,1-6H3,(H,32,35)(H,33,36)/b12-9+,14-11-,20-10+/t21?,22?,23?,25?,26-,27?,28?,31?/m0/s1. The molecule has 3 aliphatic heterocycles. The molecule has 3 fully saturated rings. The topological polar surface area (TPSA) is 115 Å². The minimum atomic E-state index is -0.455. The Bertz CT molecular complexity index is 971. The minimum absolute atomic E-state index is 0.0461. The van der Waals surface area contributed by atoms with Gasteiger partial charge in [0.15, 0.2) is 0 Å². The summed E-state index contributed by atoms with van der Waals surface area (Å²) in [5.41, 5.74) is 1.04. The van der Waals surface area contributed by atoms with E-state index >= 15 is 0 Å². The second kappa shape index (κ2) is 14.9. The average Bonchev–Trinajstić information content (AvgIpc) is 3.63. The van der Waals surface area contributed by atoms with Crippen molar-refractivity contribution in [1.82, 2.24) is 10.6 Å². The van der Waals surface area contributed by atoms with Gasteiger partial charge < -0.3 is 29.6 Å². The number of nitrogens with one attached hydrogen (secondary N) is 2. The van der Waals surface area contributed by atoms with Gasteiger partial charge in [-0.3, -0.25) is 14.4 Å². The van der Waals surface area contributed by atoms with Gasteiger partial charge in [-0.15, -0.1) is 0 Å². The Kier molecular flexibility index (Phi) is 12.0. The fraction of sp³-hybridized carbons (Fsp3) is 0.710. The highest BCUT2D eigenvalue weighted by Crippen LogP contribution is 2.42. The van der Waals surface area contributed by atoms with Gasteiger partial charge in [0, 0.05) is 38.8 Å². The molecule has 0 aromatic carbocycles. The third kappa shape index (κ3) is 10.5. The van der Waals surface area contributed by atoms with Crippen molar-refractivity contribution in [2.45, 2.75) is 122 Å². The van der Waals surface area contributed by atoms with Gasteiger partial charge in [0.1, 0.15) is 6.10 Å². The number of allylic oxidation sites excluding steroid dienone is 2. The lowest BCUT2D eigenvalue weighted by Gasteiger charge is -2.39. The molecule has 9 heteroatoms. The molecule has 0 aromatic rings. The molecule has 0 aromatic heterocycles. The van der Waals surface area contributed by atoms with E-state index in [1.165, 1.54) is 13.0 Å². The molecule has 2 N–H and O–H groups in total. The molecule has 8 atom stereocenters. The summed E-state index contributed by atoms with van der Waals surface area (Å²) in [7, 11) is 0. The second-order valence-corrected chi connectivity index (χ2v) is 11.7. The van der Waals surface area contributed by atoms with Crippen molar-refractivity contribution in [3.05, 3.63) is 36.0 Å². The first-order chi connectivity index (χ1) is 19.0. The molecule has 0 saturated carbocycles. The van der Waals surface area contributed by atoms with Crippen molar-refractivity contribution in [2.24, 2.45) is 5.92 Å². The molecule has 0 radical (unpaired) electrons. The maximum atomic E-state index is 12.4. The third-order valence-electron chi connectivity index (χ3n) is 7.76. The number of esters is 1. The van der Waals surface area contributed by atoms with Crippen molar-refractivity contribution >= 4 is 17.8 Å². The summed E-state index contributed by atoms with van der Waals surface area (Å²) in [6, 6.07) is -0.0856. The van der Waals surface area contributed by atoms with Crippen LogP contribution in [0.5, 0.6) is 0 Å². The first-order valence-corrected chi connectivity index (χ1v) is 14.7. The van der Waals surface area contributed by atoms with E-state index in [1.54, 1.807) is 13.0 Å². The summed E-state index contributed by atoms with van der Waals surface area (Å²) in [6.45, 7) is 12.5. The van der Waals surface area contributed by atoms with Crippen LogP contribution in [0.2, 0.25) is 0 Å². The Morgan fingerprint density at radius 1 is 1.12 bits per heavy atom. The summed E-state index contributed by atoms with van der Waals surface area (Å²) >= 11 is 0. The van der Waals surface area contributed by atoms with Gasteiger partial charge in [0.2, 0.25) is 11.8 Å². The summed E-state index contributed by atoms with van der Waals surface area (Å²) in [6.07, 6.45) is 13.4. The van der Waals surface area contributed by atoms with Crippen molar-refractivity contribution in [3.63, 3.8) is 0 Å². The largest absolute Gasteiger partial charge is 0.459 e. The van der Waals surface area contributed by atoms with Crippen LogP contribution in [0, 0.1) is 5.92 Å². The predicted molar refractivity (Wildman–Crippen MR) is 152 cm³/mol. The highest BCUT2D eigenvalue weighted by molar-refractivity contribution is 5.87. The van der Waals surface area contributed by atoms with Crippen molar-refractivity contribution in [1.29, 1.82) is 0 Å². The number of ether oxygens (including phenoxy) is 4. The molecule has 7 unspecified atom stereocenters. The van der Waals surface area contributed by atoms with Gasteiger partial charge >= 0.3 is 5.97 Å². The molecule has 3 saturated heterocycles. The van der Waals surface area contributed by atoms with Gasteiger partial charge in [0.05, 0.1) is 42.7 Å². The molecular weight excluding hydrogens is 512 g/mol. The number of hydrogen-bond acceptors (Lipinski definition) is 7. The van der Waals surface area contributed by atoms with E-state index in [-0.39, 0.29) is 59.8 Å². The number of carbonyl (C=O) groups excluding carboxylic acids is 3. The lowest BCUT2D eigenvalue weighted by Crippen LogP contribution is -2.50. The van der Waals surface area contributed by atoms with Gasteiger partial charge in [-0.1, -0.05) is 37.6 Å². The zero-order valence-corrected chi connectivity index (χ0v) is 24.9. The lowest BCUT2D eigenvalue weighted by molar-refractivity contribution is -0.143. The number of rotatable bonds is 12. The Morgan fingerprint density at radius 2 is 1.88 bits per heavy atom. The summed E-state index contributed by atoms with van der Waals surface area (Å²) < 4.78 is 23.3. The second-order valence-electron chi connectivity index (χ2n) is 11.7. The maximum absolute atomic E-state index is 12.4. The SMILES string of the molecule is CCCC(=O)NC[C@@H]1CC2(CO2)CC(/C=C/C(C)=C/CC2OC(C)C(NC(=O)/C=C\C(C)OC(C)=O)CC2C)O1. The molecule has 224 valence electrons. The zero-order valence-electron chi connectivity index (χ0n) is 24.9. The monoisotopic (exact) mass is 560 g/mol. The van der Waals surface area contributed by atoms with Crippen molar-refractivity contribution in [3.8, 4) is 0 Å². The Balaban J connectivity index is 1.45. The molecule has 40 heavy (non-hydrogen) atoms. The van der Waals surface area contributed by atoms with Crippen molar-refractivity contribution < 1.29 is 33.3 Å².